The zero-order chi connectivity index (χ0) is 9.97. The lowest BCUT2D eigenvalue weighted by atomic mass is 10.1. The van der Waals surface area contributed by atoms with Crippen molar-refractivity contribution < 1.29 is 4.79 Å². The highest BCUT2D eigenvalue weighted by Crippen LogP contribution is 2.08. The molecule has 0 aliphatic carbocycles. The summed E-state index contributed by atoms with van der Waals surface area (Å²) in [6.07, 6.45) is 2.82. The molecule has 1 saturated heterocycles. The van der Waals surface area contributed by atoms with Gasteiger partial charge in [0.1, 0.15) is 0 Å². The monoisotopic (exact) mass is 211 g/mol. The molecule has 1 aromatic rings. The van der Waals surface area contributed by atoms with Crippen molar-refractivity contribution in [1.82, 2.24) is 9.88 Å². The molecule has 1 amide bonds. The standard InChI is InChI=1S/C9H13N3OS/c1-12-4-5-14-9(12)11-8(13)7-2-3-10-6-7/h4-5,7,10H,2-3,6H2,1H3/t7-/m1/s1. The molecule has 1 fully saturated rings. The van der Waals surface area contributed by atoms with Crippen molar-refractivity contribution in [2.75, 3.05) is 13.1 Å². The number of hydrogen-bond acceptors (Lipinski definition) is 3. The first-order chi connectivity index (χ1) is 6.77. The number of rotatable bonds is 1. The number of carbonyl (C=O) groups excluding carboxylic acids is 1. The number of nitrogens with one attached hydrogen (secondary N) is 1. The number of hydrogen-bond donors (Lipinski definition) is 1. The SMILES string of the molecule is Cn1ccsc1=NC(=O)[C@@H]1CCNC1. The highest BCUT2D eigenvalue weighted by atomic mass is 32.1. The van der Waals surface area contributed by atoms with E-state index in [9.17, 15) is 4.79 Å². The van der Waals surface area contributed by atoms with Gasteiger partial charge in [0.2, 0.25) is 0 Å². The second-order valence-electron chi connectivity index (χ2n) is 3.44. The minimum atomic E-state index is 0.00745. The van der Waals surface area contributed by atoms with E-state index in [1.807, 2.05) is 23.2 Å². The Kier molecular flexibility index (Phi) is 2.79. The third kappa shape index (κ3) is 1.93. The van der Waals surface area contributed by atoms with Crippen molar-refractivity contribution in [1.29, 1.82) is 0 Å². The summed E-state index contributed by atoms with van der Waals surface area (Å²) in [6.45, 7) is 1.71. The van der Waals surface area contributed by atoms with Gasteiger partial charge >= 0.3 is 0 Å². The Balaban J connectivity index is 2.17. The largest absolute Gasteiger partial charge is 0.327 e. The number of nitrogens with zero attached hydrogens (tertiary/aromatic N) is 2. The van der Waals surface area contributed by atoms with Crippen LogP contribution in [0.15, 0.2) is 16.6 Å². The van der Waals surface area contributed by atoms with E-state index in [4.69, 9.17) is 0 Å². The molecule has 1 aromatic heterocycles. The number of aryl methyl sites for hydroxylation is 1. The van der Waals surface area contributed by atoms with Crippen LogP contribution in [0.3, 0.4) is 0 Å². The van der Waals surface area contributed by atoms with Crippen molar-refractivity contribution in [2.45, 2.75) is 6.42 Å². The van der Waals surface area contributed by atoms with E-state index in [0.29, 0.717) is 0 Å². The minimum Gasteiger partial charge on any atom is -0.327 e. The van der Waals surface area contributed by atoms with Gasteiger partial charge < -0.3 is 9.88 Å². The molecule has 2 rings (SSSR count). The zero-order valence-corrected chi connectivity index (χ0v) is 8.88. The van der Waals surface area contributed by atoms with Crippen LogP contribution < -0.4 is 10.1 Å². The lowest BCUT2D eigenvalue weighted by Gasteiger charge is -2.00. The van der Waals surface area contributed by atoms with Crippen LogP contribution in [0.5, 0.6) is 0 Å². The minimum absolute atomic E-state index is 0.00745. The molecule has 0 spiro atoms. The Hall–Kier alpha value is -0.940. The van der Waals surface area contributed by atoms with Crippen molar-refractivity contribution >= 4 is 17.2 Å². The summed E-state index contributed by atoms with van der Waals surface area (Å²) in [6, 6.07) is 0. The molecule has 76 valence electrons. The van der Waals surface area contributed by atoms with Gasteiger partial charge in [-0.1, -0.05) is 0 Å². The lowest BCUT2D eigenvalue weighted by Crippen LogP contribution is -2.20. The van der Waals surface area contributed by atoms with Crippen LogP contribution in [0.4, 0.5) is 0 Å². The van der Waals surface area contributed by atoms with Crippen LogP contribution in [-0.2, 0) is 11.8 Å². The molecule has 0 saturated carbocycles. The summed E-state index contributed by atoms with van der Waals surface area (Å²) in [4.78, 5) is 16.5. The van der Waals surface area contributed by atoms with Gasteiger partial charge in [-0.25, -0.2) is 0 Å². The molecular formula is C9H13N3OS. The number of thiazole rings is 1. The van der Waals surface area contributed by atoms with E-state index in [2.05, 4.69) is 10.3 Å². The molecular weight excluding hydrogens is 198 g/mol. The predicted octanol–water partition coefficient (Wildman–Crippen LogP) is 0.123. The zero-order valence-electron chi connectivity index (χ0n) is 8.06. The van der Waals surface area contributed by atoms with Crippen LogP contribution >= 0.6 is 11.3 Å². The first-order valence-electron chi connectivity index (χ1n) is 4.67. The second-order valence-corrected chi connectivity index (χ2v) is 4.31. The van der Waals surface area contributed by atoms with Crippen LogP contribution in [0.2, 0.25) is 0 Å². The first-order valence-corrected chi connectivity index (χ1v) is 5.55. The summed E-state index contributed by atoms with van der Waals surface area (Å²) >= 11 is 1.49. The van der Waals surface area contributed by atoms with Gasteiger partial charge in [0.05, 0.1) is 5.92 Å². The van der Waals surface area contributed by atoms with Gasteiger partial charge in [-0.15, -0.1) is 11.3 Å². The fraction of sp³-hybridized carbons (Fsp3) is 0.556. The quantitative estimate of drug-likeness (QED) is 0.717. The maximum Gasteiger partial charge on any atom is 0.252 e. The molecule has 1 N–H and O–H groups in total. The molecule has 2 heterocycles. The fourth-order valence-corrected chi connectivity index (χ4v) is 2.22. The maximum absolute atomic E-state index is 11.7. The van der Waals surface area contributed by atoms with Crippen molar-refractivity contribution in [3.05, 3.63) is 16.4 Å². The molecule has 5 heteroatoms. The van der Waals surface area contributed by atoms with Gasteiger partial charge in [-0.2, -0.15) is 4.99 Å². The first kappa shape index (κ1) is 9.61. The molecule has 0 radical (unpaired) electrons. The molecule has 0 unspecified atom stereocenters. The molecule has 1 aliphatic heterocycles. The smallest absolute Gasteiger partial charge is 0.252 e. The topological polar surface area (TPSA) is 46.4 Å². The molecule has 14 heavy (non-hydrogen) atoms. The van der Waals surface area contributed by atoms with Crippen molar-refractivity contribution in [3.63, 3.8) is 0 Å². The Morgan fingerprint density at radius 1 is 1.79 bits per heavy atom. The average Bonchev–Trinajstić information content (AvgIpc) is 2.77. The van der Waals surface area contributed by atoms with Crippen LogP contribution in [0.1, 0.15) is 6.42 Å². The van der Waals surface area contributed by atoms with Crippen LogP contribution in [0.25, 0.3) is 0 Å². The van der Waals surface area contributed by atoms with Crippen LogP contribution in [-0.4, -0.2) is 23.6 Å². The van der Waals surface area contributed by atoms with E-state index in [-0.39, 0.29) is 11.8 Å². The van der Waals surface area contributed by atoms with Crippen molar-refractivity contribution in [3.8, 4) is 0 Å². The van der Waals surface area contributed by atoms with Gasteiger partial charge in [0.25, 0.3) is 5.91 Å². The molecule has 4 nitrogen and oxygen atoms in total. The number of amides is 1. The van der Waals surface area contributed by atoms with Gasteiger partial charge in [0.15, 0.2) is 4.80 Å². The van der Waals surface area contributed by atoms with E-state index in [1.165, 1.54) is 11.3 Å². The Morgan fingerprint density at radius 2 is 2.64 bits per heavy atom. The van der Waals surface area contributed by atoms with Gasteiger partial charge in [-0.05, 0) is 13.0 Å². The molecule has 0 bridgehead atoms. The molecule has 1 aliphatic rings. The summed E-state index contributed by atoms with van der Waals surface area (Å²) in [5.41, 5.74) is 0. The Morgan fingerprint density at radius 3 is 3.21 bits per heavy atom. The van der Waals surface area contributed by atoms with E-state index in [1.54, 1.807) is 0 Å². The maximum atomic E-state index is 11.7. The highest BCUT2D eigenvalue weighted by Gasteiger charge is 2.21. The van der Waals surface area contributed by atoms with Gasteiger partial charge in [0, 0.05) is 25.2 Å². The Bertz CT molecular complexity index is 387. The van der Waals surface area contributed by atoms with E-state index in [0.717, 1.165) is 24.3 Å². The highest BCUT2D eigenvalue weighted by molar-refractivity contribution is 7.07. The average molecular weight is 211 g/mol. The summed E-state index contributed by atoms with van der Waals surface area (Å²) in [5.74, 6) is 0.0881. The summed E-state index contributed by atoms with van der Waals surface area (Å²) in [5, 5.41) is 5.09. The van der Waals surface area contributed by atoms with E-state index < -0.39 is 0 Å². The molecule has 0 aromatic carbocycles. The Labute approximate surface area is 86.3 Å². The van der Waals surface area contributed by atoms with Crippen LogP contribution in [0, 0.1) is 5.92 Å². The third-order valence-corrected chi connectivity index (χ3v) is 3.22. The third-order valence-electron chi connectivity index (χ3n) is 2.38. The predicted molar refractivity (Wildman–Crippen MR) is 54.8 cm³/mol. The second kappa shape index (κ2) is 4.06. The fourth-order valence-electron chi connectivity index (χ4n) is 1.49. The number of carbonyl (C=O) groups is 1. The number of aromatic nitrogens is 1. The molecule has 1 atom stereocenters. The van der Waals surface area contributed by atoms with E-state index >= 15 is 0 Å². The summed E-state index contributed by atoms with van der Waals surface area (Å²) in [7, 11) is 1.90. The van der Waals surface area contributed by atoms with Crippen molar-refractivity contribution in [2.24, 2.45) is 18.0 Å². The summed E-state index contributed by atoms with van der Waals surface area (Å²) < 4.78 is 1.87. The normalized spacial score (nSPS) is 22.9. The van der Waals surface area contributed by atoms with Gasteiger partial charge in [-0.3, -0.25) is 4.79 Å². The lowest BCUT2D eigenvalue weighted by molar-refractivity contribution is -0.121.